The third-order valence-electron chi connectivity index (χ3n) is 7.74. The Kier molecular flexibility index (Phi) is 11.2. The summed E-state index contributed by atoms with van der Waals surface area (Å²) in [6, 6.07) is 14.4. The number of alkyl halides is 6. The van der Waals surface area contributed by atoms with Crippen molar-refractivity contribution in [1.29, 1.82) is 0 Å². The SMILES string of the molecule is CCOCCOC(=O)C[C@@H]1CN(Cc2ccc(-c3ccc(C(O)(C(F)(F)F)C(F)(F)F)cc3)cc2)CCN1Cc1ccncc1. The summed E-state index contributed by atoms with van der Waals surface area (Å²) in [6.07, 6.45) is -8.22. The summed E-state index contributed by atoms with van der Waals surface area (Å²) in [5, 5.41) is 9.63. The average Bonchev–Trinajstić information content (AvgIpc) is 3.00. The Morgan fingerprint density at radius 3 is 2.00 bits per heavy atom. The number of esters is 1. The summed E-state index contributed by atoms with van der Waals surface area (Å²) < 4.78 is 89.9. The Bertz CT molecular complexity index is 1350. The molecule has 1 aliphatic heterocycles. The molecule has 3 aromatic rings. The number of halogens is 6. The number of benzene rings is 2. The van der Waals surface area contributed by atoms with Crippen molar-refractivity contribution in [3.8, 4) is 11.1 Å². The first kappa shape index (κ1) is 34.4. The number of aromatic nitrogens is 1. The molecule has 1 aromatic heterocycles. The van der Waals surface area contributed by atoms with Gasteiger partial charge in [0.2, 0.25) is 0 Å². The van der Waals surface area contributed by atoms with Gasteiger partial charge in [0, 0.05) is 63.3 Å². The summed E-state index contributed by atoms with van der Waals surface area (Å²) in [7, 11) is 0. The van der Waals surface area contributed by atoms with E-state index in [1.54, 1.807) is 24.5 Å². The monoisotopic (exact) mass is 639 g/mol. The number of pyridine rings is 1. The standard InChI is InChI=1S/C32H35F6N3O4/c1-2-44-17-18-45-29(42)19-28-22-40(15-16-41(28)21-24-11-13-39-14-12-24)20-23-3-5-25(6-4-23)26-7-9-27(10-8-26)30(43,31(33,34)35)32(36,37)38/h3-14,28,43H,2,15-22H2,1H3/t28-/m1/s1. The van der Waals surface area contributed by atoms with E-state index in [4.69, 9.17) is 9.47 Å². The third kappa shape index (κ3) is 8.60. The van der Waals surface area contributed by atoms with Crippen LogP contribution in [0.25, 0.3) is 11.1 Å². The molecule has 13 heteroatoms. The highest BCUT2D eigenvalue weighted by atomic mass is 19.4. The van der Waals surface area contributed by atoms with Gasteiger partial charge >= 0.3 is 18.3 Å². The largest absolute Gasteiger partial charge is 0.463 e. The van der Waals surface area contributed by atoms with E-state index in [0.29, 0.717) is 62.7 Å². The van der Waals surface area contributed by atoms with E-state index in [0.717, 1.165) is 29.8 Å². The van der Waals surface area contributed by atoms with Gasteiger partial charge in [0.05, 0.1) is 13.0 Å². The lowest BCUT2D eigenvalue weighted by Gasteiger charge is -2.41. The molecule has 0 spiro atoms. The van der Waals surface area contributed by atoms with E-state index in [1.165, 1.54) is 0 Å². The fourth-order valence-electron chi connectivity index (χ4n) is 5.29. The Morgan fingerprint density at radius 2 is 1.42 bits per heavy atom. The van der Waals surface area contributed by atoms with Crippen LogP contribution in [0.1, 0.15) is 30.0 Å². The number of nitrogens with zero attached hydrogens (tertiary/aromatic N) is 3. The Morgan fingerprint density at radius 1 is 0.844 bits per heavy atom. The van der Waals surface area contributed by atoms with Crippen LogP contribution in [-0.4, -0.2) is 83.7 Å². The maximum absolute atomic E-state index is 13.2. The lowest BCUT2D eigenvalue weighted by molar-refractivity contribution is -0.376. The van der Waals surface area contributed by atoms with Crippen LogP contribution in [-0.2, 0) is 33.0 Å². The van der Waals surface area contributed by atoms with E-state index in [1.807, 2.05) is 31.2 Å². The van der Waals surface area contributed by atoms with Gasteiger partial charge in [-0.25, -0.2) is 0 Å². The minimum absolute atomic E-state index is 0.101. The molecule has 0 bridgehead atoms. The molecule has 1 fully saturated rings. The maximum atomic E-state index is 13.2. The van der Waals surface area contributed by atoms with Crippen molar-refractivity contribution in [2.45, 2.75) is 50.4 Å². The molecular weight excluding hydrogens is 604 g/mol. The zero-order valence-electron chi connectivity index (χ0n) is 24.7. The third-order valence-corrected chi connectivity index (χ3v) is 7.74. The molecule has 0 saturated carbocycles. The molecular formula is C32H35F6N3O4. The number of piperazine rings is 1. The molecule has 2 aromatic carbocycles. The van der Waals surface area contributed by atoms with Gasteiger partial charge in [0.15, 0.2) is 0 Å². The lowest BCUT2D eigenvalue weighted by atomic mass is 9.90. The number of carbonyl (C=O) groups is 1. The smallest absolute Gasteiger partial charge is 0.430 e. The van der Waals surface area contributed by atoms with E-state index < -0.39 is 23.5 Å². The first-order valence-electron chi connectivity index (χ1n) is 14.5. The van der Waals surface area contributed by atoms with Crippen molar-refractivity contribution in [2.24, 2.45) is 0 Å². The van der Waals surface area contributed by atoms with Gasteiger partial charge in [-0.15, -0.1) is 0 Å². The minimum atomic E-state index is -5.94. The second-order valence-corrected chi connectivity index (χ2v) is 10.8. The lowest BCUT2D eigenvalue weighted by Crippen LogP contribution is -2.53. The summed E-state index contributed by atoms with van der Waals surface area (Å²) in [4.78, 5) is 21.2. The molecule has 1 saturated heterocycles. The van der Waals surface area contributed by atoms with Crippen molar-refractivity contribution >= 4 is 5.97 Å². The summed E-state index contributed by atoms with van der Waals surface area (Å²) in [5.41, 5.74) is -3.27. The molecule has 4 rings (SSSR count). The van der Waals surface area contributed by atoms with Crippen molar-refractivity contribution in [3.63, 3.8) is 0 Å². The van der Waals surface area contributed by atoms with Crippen LogP contribution in [0.4, 0.5) is 26.3 Å². The van der Waals surface area contributed by atoms with Crippen LogP contribution in [0.5, 0.6) is 0 Å². The second kappa shape index (κ2) is 14.7. The van der Waals surface area contributed by atoms with E-state index in [2.05, 4.69) is 14.8 Å². The molecule has 1 atom stereocenters. The van der Waals surface area contributed by atoms with Gasteiger partial charge in [0.25, 0.3) is 5.60 Å². The van der Waals surface area contributed by atoms with Crippen LogP contribution in [0.3, 0.4) is 0 Å². The van der Waals surface area contributed by atoms with Crippen LogP contribution in [0.15, 0.2) is 73.1 Å². The molecule has 7 nitrogen and oxygen atoms in total. The normalized spacial score (nSPS) is 16.9. The Hall–Kier alpha value is -3.52. The quantitative estimate of drug-likeness (QED) is 0.155. The Balaban J connectivity index is 1.42. The van der Waals surface area contributed by atoms with Gasteiger partial charge in [-0.05, 0) is 41.3 Å². The molecule has 1 aliphatic rings. The highest BCUT2D eigenvalue weighted by molar-refractivity contribution is 5.70. The fourth-order valence-corrected chi connectivity index (χ4v) is 5.29. The predicted molar refractivity (Wildman–Crippen MR) is 154 cm³/mol. The first-order chi connectivity index (χ1) is 21.3. The molecule has 0 radical (unpaired) electrons. The molecule has 244 valence electrons. The van der Waals surface area contributed by atoms with Crippen molar-refractivity contribution in [3.05, 3.63) is 89.7 Å². The van der Waals surface area contributed by atoms with Gasteiger partial charge in [-0.3, -0.25) is 19.6 Å². The zero-order chi connectivity index (χ0) is 32.7. The molecule has 1 N–H and O–H groups in total. The van der Waals surface area contributed by atoms with Crippen LogP contribution < -0.4 is 0 Å². The molecule has 2 heterocycles. The Labute approximate surface area is 257 Å². The number of hydrogen-bond donors (Lipinski definition) is 1. The molecule has 0 aliphatic carbocycles. The summed E-state index contributed by atoms with van der Waals surface area (Å²) >= 11 is 0. The minimum Gasteiger partial charge on any atom is -0.463 e. The van der Waals surface area contributed by atoms with Gasteiger partial charge < -0.3 is 14.6 Å². The van der Waals surface area contributed by atoms with Gasteiger partial charge in [-0.2, -0.15) is 26.3 Å². The second-order valence-electron chi connectivity index (χ2n) is 10.8. The predicted octanol–water partition coefficient (Wildman–Crippen LogP) is 5.72. The van der Waals surface area contributed by atoms with Gasteiger partial charge in [0.1, 0.15) is 6.61 Å². The topological polar surface area (TPSA) is 75.1 Å². The van der Waals surface area contributed by atoms with Gasteiger partial charge in [-0.1, -0.05) is 48.5 Å². The number of aliphatic hydroxyl groups is 1. The first-order valence-corrected chi connectivity index (χ1v) is 14.5. The van der Waals surface area contributed by atoms with Crippen molar-refractivity contribution in [1.82, 2.24) is 14.8 Å². The summed E-state index contributed by atoms with van der Waals surface area (Å²) in [6.45, 7) is 6.22. The number of ether oxygens (including phenoxy) is 2. The van der Waals surface area contributed by atoms with Crippen LogP contribution >= 0.6 is 0 Å². The fraction of sp³-hybridized carbons (Fsp3) is 0.438. The highest BCUT2D eigenvalue weighted by Gasteiger charge is 2.71. The number of hydrogen-bond acceptors (Lipinski definition) is 7. The highest BCUT2D eigenvalue weighted by Crippen LogP contribution is 2.50. The number of carbonyl (C=O) groups excluding carboxylic acids is 1. The summed E-state index contributed by atoms with van der Waals surface area (Å²) in [5.74, 6) is -0.305. The van der Waals surface area contributed by atoms with E-state index in [-0.39, 0.29) is 25.0 Å². The molecule has 45 heavy (non-hydrogen) atoms. The maximum Gasteiger partial charge on any atom is 0.430 e. The van der Waals surface area contributed by atoms with Crippen molar-refractivity contribution in [2.75, 3.05) is 39.5 Å². The number of rotatable bonds is 12. The zero-order valence-corrected chi connectivity index (χ0v) is 24.7. The average molecular weight is 640 g/mol. The molecule has 0 unspecified atom stereocenters. The van der Waals surface area contributed by atoms with Crippen LogP contribution in [0, 0.1) is 0 Å². The van der Waals surface area contributed by atoms with E-state index in [9.17, 15) is 36.2 Å². The molecule has 0 amide bonds. The van der Waals surface area contributed by atoms with E-state index >= 15 is 0 Å². The van der Waals surface area contributed by atoms with Crippen LogP contribution in [0.2, 0.25) is 0 Å². The van der Waals surface area contributed by atoms with Crippen molar-refractivity contribution < 1.29 is 45.7 Å².